The molecule has 6 nitrogen and oxygen atoms in total. The highest BCUT2D eigenvalue weighted by Gasteiger charge is 2.18. The summed E-state index contributed by atoms with van der Waals surface area (Å²) in [6.45, 7) is 5.42. The molecule has 0 bridgehead atoms. The third-order valence-corrected chi connectivity index (χ3v) is 4.60. The minimum Gasteiger partial charge on any atom is -0.483 e. The first kappa shape index (κ1) is 21.3. The van der Waals surface area contributed by atoms with E-state index in [0.29, 0.717) is 35.0 Å². The normalized spacial score (nSPS) is 12.1. The van der Waals surface area contributed by atoms with Crippen molar-refractivity contribution in [1.82, 2.24) is 19.7 Å². The number of nitrogens with zero attached hydrogens (tertiary/aromatic N) is 4. The van der Waals surface area contributed by atoms with Gasteiger partial charge in [-0.2, -0.15) is 0 Å². The summed E-state index contributed by atoms with van der Waals surface area (Å²) >= 11 is 5.49. The zero-order valence-corrected chi connectivity index (χ0v) is 17.5. The number of aromatic nitrogens is 4. The molecule has 154 valence electrons. The molecule has 0 saturated heterocycles. The lowest BCUT2D eigenvalue weighted by Gasteiger charge is -2.11. The standard InChI is InChI=1S/C22H21FN4O2S/c1-4-16(11-10-15(2)23)12-18-25-26-21(29-18)19-20(22(30)27(3)14-24-19)28-13-17-8-6-5-7-9-17/h4-11,14H,1,12-13H2,2-3H3/b15-10+,16-11+. The van der Waals surface area contributed by atoms with Gasteiger partial charge in [-0.3, -0.25) is 0 Å². The van der Waals surface area contributed by atoms with E-state index in [9.17, 15) is 4.39 Å². The van der Waals surface area contributed by atoms with E-state index in [4.69, 9.17) is 21.4 Å². The highest BCUT2D eigenvalue weighted by molar-refractivity contribution is 7.71. The molecule has 2 aromatic heterocycles. The second-order valence-electron chi connectivity index (χ2n) is 6.49. The van der Waals surface area contributed by atoms with Crippen LogP contribution in [-0.2, 0) is 20.1 Å². The van der Waals surface area contributed by atoms with Crippen molar-refractivity contribution in [2.24, 2.45) is 7.05 Å². The van der Waals surface area contributed by atoms with Gasteiger partial charge in [0.15, 0.2) is 16.1 Å². The summed E-state index contributed by atoms with van der Waals surface area (Å²) in [6.07, 6.45) is 6.46. The monoisotopic (exact) mass is 424 g/mol. The van der Waals surface area contributed by atoms with Gasteiger partial charge in [0.05, 0.1) is 18.6 Å². The van der Waals surface area contributed by atoms with Gasteiger partial charge >= 0.3 is 0 Å². The lowest BCUT2D eigenvalue weighted by atomic mass is 10.1. The topological polar surface area (TPSA) is 66.0 Å². The predicted molar refractivity (Wildman–Crippen MR) is 115 cm³/mol. The van der Waals surface area contributed by atoms with Gasteiger partial charge in [-0.15, -0.1) is 10.2 Å². The fourth-order valence-corrected chi connectivity index (χ4v) is 2.75. The minimum atomic E-state index is -0.305. The van der Waals surface area contributed by atoms with E-state index in [1.165, 1.54) is 13.0 Å². The van der Waals surface area contributed by atoms with Crippen molar-refractivity contribution in [3.8, 4) is 17.3 Å². The minimum absolute atomic E-state index is 0.195. The molecule has 30 heavy (non-hydrogen) atoms. The molecule has 0 aliphatic rings. The summed E-state index contributed by atoms with van der Waals surface area (Å²) in [7, 11) is 1.79. The molecule has 2 heterocycles. The van der Waals surface area contributed by atoms with Crippen LogP contribution < -0.4 is 4.74 Å². The molecular weight excluding hydrogens is 403 g/mol. The average molecular weight is 425 g/mol. The van der Waals surface area contributed by atoms with E-state index in [2.05, 4.69) is 21.8 Å². The zero-order chi connectivity index (χ0) is 21.5. The highest BCUT2D eigenvalue weighted by Crippen LogP contribution is 2.29. The van der Waals surface area contributed by atoms with Crippen molar-refractivity contribution in [2.45, 2.75) is 20.0 Å². The number of halogens is 1. The number of ether oxygens (including phenoxy) is 1. The maximum absolute atomic E-state index is 13.0. The van der Waals surface area contributed by atoms with Crippen LogP contribution in [0.15, 0.2) is 77.3 Å². The SMILES string of the molecule is C=C/C(=C\C=C(/C)F)Cc1nnc(-c2ncn(C)c(=S)c2OCc2ccccc2)o1. The Morgan fingerprint density at radius 1 is 1.27 bits per heavy atom. The van der Waals surface area contributed by atoms with Crippen molar-refractivity contribution in [2.75, 3.05) is 0 Å². The van der Waals surface area contributed by atoms with Gasteiger partial charge in [-0.05, 0) is 24.1 Å². The Labute approximate surface area is 179 Å². The third-order valence-electron chi connectivity index (χ3n) is 4.13. The lowest BCUT2D eigenvalue weighted by Crippen LogP contribution is -2.04. The van der Waals surface area contributed by atoms with Crippen LogP contribution in [0.25, 0.3) is 11.6 Å². The van der Waals surface area contributed by atoms with Gasteiger partial charge in [-0.25, -0.2) is 9.37 Å². The van der Waals surface area contributed by atoms with Gasteiger partial charge in [0.1, 0.15) is 6.61 Å². The summed E-state index contributed by atoms with van der Waals surface area (Å²) in [5, 5.41) is 8.15. The first-order chi connectivity index (χ1) is 14.5. The molecular formula is C22H21FN4O2S. The Bertz CT molecular complexity index is 1150. The van der Waals surface area contributed by atoms with Gasteiger partial charge < -0.3 is 13.7 Å². The fourth-order valence-electron chi connectivity index (χ4n) is 2.55. The van der Waals surface area contributed by atoms with Gasteiger partial charge in [0.2, 0.25) is 5.89 Å². The van der Waals surface area contributed by atoms with E-state index in [-0.39, 0.29) is 11.7 Å². The van der Waals surface area contributed by atoms with Crippen LogP contribution in [0.5, 0.6) is 5.75 Å². The number of rotatable bonds is 8. The van der Waals surface area contributed by atoms with Crippen molar-refractivity contribution < 1.29 is 13.5 Å². The van der Waals surface area contributed by atoms with Crippen molar-refractivity contribution >= 4 is 12.2 Å². The first-order valence-electron chi connectivity index (χ1n) is 9.18. The Morgan fingerprint density at radius 2 is 2.03 bits per heavy atom. The average Bonchev–Trinajstić information content (AvgIpc) is 3.21. The van der Waals surface area contributed by atoms with E-state index in [0.717, 1.165) is 11.1 Å². The molecule has 0 radical (unpaired) electrons. The molecule has 8 heteroatoms. The smallest absolute Gasteiger partial charge is 0.270 e. The summed E-state index contributed by atoms with van der Waals surface area (Å²) in [5.74, 6) is 0.626. The summed E-state index contributed by atoms with van der Waals surface area (Å²) in [4.78, 5) is 4.37. The Balaban J connectivity index is 1.88. The molecule has 0 aliphatic carbocycles. The third kappa shape index (κ3) is 5.36. The van der Waals surface area contributed by atoms with Crippen molar-refractivity contribution in [3.05, 3.63) is 89.0 Å². The number of aryl methyl sites for hydroxylation is 1. The number of hydrogen-bond donors (Lipinski definition) is 0. The van der Waals surface area contributed by atoms with Crippen LogP contribution in [0.1, 0.15) is 18.4 Å². The van der Waals surface area contributed by atoms with Gasteiger partial charge in [0, 0.05) is 7.05 Å². The first-order valence-corrected chi connectivity index (χ1v) is 9.59. The molecule has 0 saturated carbocycles. The highest BCUT2D eigenvalue weighted by atomic mass is 32.1. The van der Waals surface area contributed by atoms with E-state index in [1.807, 2.05) is 30.3 Å². The van der Waals surface area contributed by atoms with E-state index >= 15 is 0 Å². The predicted octanol–water partition coefficient (Wildman–Crippen LogP) is 5.31. The molecule has 0 unspecified atom stereocenters. The van der Waals surface area contributed by atoms with Crippen molar-refractivity contribution in [1.29, 1.82) is 0 Å². The molecule has 0 fully saturated rings. The van der Waals surface area contributed by atoms with E-state index < -0.39 is 0 Å². The Kier molecular flexibility index (Phi) is 7.03. The molecule has 3 rings (SSSR count). The number of allylic oxidation sites excluding steroid dienone is 5. The summed E-state index contributed by atoms with van der Waals surface area (Å²) in [6, 6.07) is 9.73. The molecule has 3 aromatic rings. The van der Waals surface area contributed by atoms with E-state index in [1.54, 1.807) is 30.1 Å². The van der Waals surface area contributed by atoms with Gasteiger partial charge in [0.25, 0.3) is 5.89 Å². The van der Waals surface area contributed by atoms with Gasteiger partial charge in [-0.1, -0.05) is 61.3 Å². The lowest BCUT2D eigenvalue weighted by molar-refractivity contribution is 0.301. The number of hydrogen-bond acceptors (Lipinski definition) is 6. The van der Waals surface area contributed by atoms with Crippen LogP contribution in [-0.4, -0.2) is 19.7 Å². The van der Waals surface area contributed by atoms with Crippen LogP contribution in [0, 0.1) is 4.64 Å². The maximum atomic E-state index is 13.0. The van der Waals surface area contributed by atoms with Crippen LogP contribution >= 0.6 is 12.2 Å². The molecule has 0 aliphatic heterocycles. The molecule has 0 spiro atoms. The maximum Gasteiger partial charge on any atom is 0.270 e. The van der Waals surface area contributed by atoms with Crippen LogP contribution in [0.4, 0.5) is 4.39 Å². The second kappa shape index (κ2) is 9.89. The zero-order valence-electron chi connectivity index (χ0n) is 16.7. The van der Waals surface area contributed by atoms with Crippen LogP contribution in [0.2, 0.25) is 0 Å². The van der Waals surface area contributed by atoms with Crippen molar-refractivity contribution in [3.63, 3.8) is 0 Å². The summed E-state index contributed by atoms with van der Waals surface area (Å²) < 4.78 is 26.9. The molecule has 0 atom stereocenters. The second-order valence-corrected chi connectivity index (χ2v) is 6.88. The quantitative estimate of drug-likeness (QED) is 0.361. The summed E-state index contributed by atoms with van der Waals surface area (Å²) in [5.41, 5.74) is 2.10. The largest absolute Gasteiger partial charge is 0.483 e. The Morgan fingerprint density at radius 3 is 2.73 bits per heavy atom. The molecule has 0 N–H and O–H groups in total. The molecule has 1 aromatic carbocycles. The van der Waals surface area contributed by atoms with Crippen LogP contribution in [0.3, 0.4) is 0 Å². The Hall–Kier alpha value is -3.39. The number of benzene rings is 1. The fraction of sp³-hybridized carbons (Fsp3) is 0.182. The molecule has 0 amide bonds.